The molecule has 5 nitrogen and oxygen atoms in total. The molecule has 176 valence electrons. The standard InChI is InChI=1S/C27H41N3O2/c1-17(25(31)16-30-15-18(13-28)14-29-30)23-6-7-24-22-5-4-19-12-26(2,32)10-8-20(19)21(22)9-11-27(23,24)3/h14-15,17,19-25,31-32H,4-12,16H2,1-3H3/t17-,19+,20-,21+,22+,23+,24-,25+,26+,27+/m0/s1. The third-order valence-corrected chi connectivity index (χ3v) is 10.7. The van der Waals surface area contributed by atoms with Gasteiger partial charge in [-0.1, -0.05) is 13.8 Å². The molecule has 0 unspecified atom stereocenters. The predicted molar refractivity (Wildman–Crippen MR) is 123 cm³/mol. The summed E-state index contributed by atoms with van der Waals surface area (Å²) < 4.78 is 1.73. The summed E-state index contributed by atoms with van der Waals surface area (Å²) in [5.41, 5.74) is 0.441. The van der Waals surface area contributed by atoms with E-state index in [1.165, 1.54) is 44.9 Å². The van der Waals surface area contributed by atoms with Crippen LogP contribution in [0.4, 0.5) is 0 Å². The maximum absolute atomic E-state index is 11.1. The van der Waals surface area contributed by atoms with E-state index in [2.05, 4.69) is 25.0 Å². The summed E-state index contributed by atoms with van der Waals surface area (Å²) in [6.07, 6.45) is 13.9. The molecule has 2 N–H and O–H groups in total. The lowest BCUT2D eigenvalue weighted by Gasteiger charge is -2.57. The fourth-order valence-corrected chi connectivity index (χ4v) is 9.13. The van der Waals surface area contributed by atoms with Gasteiger partial charge in [0.05, 0.1) is 30.0 Å². The molecular weight excluding hydrogens is 398 g/mol. The van der Waals surface area contributed by atoms with Crippen LogP contribution in [0.25, 0.3) is 0 Å². The van der Waals surface area contributed by atoms with Crippen LogP contribution < -0.4 is 0 Å². The van der Waals surface area contributed by atoms with Crippen molar-refractivity contribution in [1.29, 1.82) is 5.26 Å². The summed E-state index contributed by atoms with van der Waals surface area (Å²) in [6, 6.07) is 2.12. The van der Waals surface area contributed by atoms with E-state index in [4.69, 9.17) is 5.26 Å². The van der Waals surface area contributed by atoms with Crippen molar-refractivity contribution < 1.29 is 10.2 Å². The second-order valence-electron chi connectivity index (χ2n) is 12.4. The Morgan fingerprint density at radius 2 is 1.91 bits per heavy atom. The normalized spacial score (nSPS) is 45.2. The van der Waals surface area contributed by atoms with E-state index in [1.807, 2.05) is 6.92 Å². The van der Waals surface area contributed by atoms with Gasteiger partial charge in [-0.3, -0.25) is 4.68 Å². The highest BCUT2D eigenvalue weighted by atomic mass is 16.3. The van der Waals surface area contributed by atoms with E-state index in [1.54, 1.807) is 17.1 Å². The van der Waals surface area contributed by atoms with Gasteiger partial charge in [0.25, 0.3) is 0 Å². The Labute approximate surface area is 193 Å². The quantitative estimate of drug-likeness (QED) is 0.708. The molecule has 0 spiro atoms. The van der Waals surface area contributed by atoms with Crippen molar-refractivity contribution in [2.75, 3.05) is 0 Å². The smallest absolute Gasteiger partial charge is 0.102 e. The molecule has 0 aromatic carbocycles. The zero-order valence-electron chi connectivity index (χ0n) is 20.1. The molecule has 10 atom stereocenters. The van der Waals surface area contributed by atoms with Crippen LogP contribution >= 0.6 is 0 Å². The molecule has 5 heteroatoms. The van der Waals surface area contributed by atoms with Gasteiger partial charge in [-0.15, -0.1) is 0 Å². The van der Waals surface area contributed by atoms with Gasteiger partial charge in [-0.05, 0) is 112 Å². The van der Waals surface area contributed by atoms with Gasteiger partial charge in [0, 0.05) is 6.20 Å². The molecular formula is C27H41N3O2. The fourth-order valence-electron chi connectivity index (χ4n) is 9.13. The van der Waals surface area contributed by atoms with Crippen LogP contribution in [-0.2, 0) is 6.54 Å². The monoisotopic (exact) mass is 439 g/mol. The third kappa shape index (κ3) is 3.72. The Kier molecular flexibility index (Phi) is 5.70. The number of aliphatic hydroxyl groups excluding tert-OH is 1. The molecule has 1 aromatic heterocycles. The molecule has 0 aliphatic heterocycles. The van der Waals surface area contributed by atoms with Gasteiger partial charge in [0.15, 0.2) is 0 Å². The van der Waals surface area contributed by atoms with Crippen LogP contribution in [0, 0.1) is 58.2 Å². The number of hydrogen-bond acceptors (Lipinski definition) is 4. The Bertz CT molecular complexity index is 872. The van der Waals surface area contributed by atoms with Crippen molar-refractivity contribution in [3.8, 4) is 6.07 Å². The average molecular weight is 440 g/mol. The van der Waals surface area contributed by atoms with Crippen LogP contribution in [-0.4, -0.2) is 31.7 Å². The number of hydrogen-bond donors (Lipinski definition) is 2. The van der Waals surface area contributed by atoms with Crippen molar-refractivity contribution in [1.82, 2.24) is 9.78 Å². The predicted octanol–water partition coefficient (Wildman–Crippen LogP) is 4.77. The van der Waals surface area contributed by atoms with Gasteiger partial charge < -0.3 is 10.2 Å². The van der Waals surface area contributed by atoms with Crippen molar-refractivity contribution >= 4 is 0 Å². The average Bonchev–Trinajstić information content (AvgIpc) is 3.35. The van der Waals surface area contributed by atoms with Gasteiger partial charge in [-0.2, -0.15) is 10.4 Å². The lowest BCUT2D eigenvalue weighted by molar-refractivity contribution is -0.106. The Morgan fingerprint density at radius 3 is 2.66 bits per heavy atom. The maximum atomic E-state index is 11.1. The van der Waals surface area contributed by atoms with Crippen molar-refractivity contribution in [3.05, 3.63) is 18.0 Å². The van der Waals surface area contributed by atoms with E-state index in [-0.39, 0.29) is 5.92 Å². The molecule has 0 bridgehead atoms. The minimum absolute atomic E-state index is 0.234. The minimum atomic E-state index is -0.441. The summed E-state index contributed by atoms with van der Waals surface area (Å²) in [7, 11) is 0. The van der Waals surface area contributed by atoms with E-state index < -0.39 is 11.7 Å². The lowest BCUT2D eigenvalue weighted by atomic mass is 9.48. The highest BCUT2D eigenvalue weighted by Gasteiger charge is 2.58. The summed E-state index contributed by atoms with van der Waals surface area (Å²) in [5, 5.41) is 35.0. The summed E-state index contributed by atoms with van der Waals surface area (Å²) >= 11 is 0. The van der Waals surface area contributed by atoms with Gasteiger partial charge >= 0.3 is 0 Å². The van der Waals surface area contributed by atoms with Crippen LogP contribution in [0.5, 0.6) is 0 Å². The van der Waals surface area contributed by atoms with Crippen LogP contribution in [0.1, 0.15) is 84.1 Å². The SMILES string of the molecule is C[C@H]([C@H](O)Cn1cc(C#N)cn1)[C@H]1CC[C@H]2[C@@H]3CC[C@@H]4C[C@](C)(O)CC[C@@H]4[C@H]3CC[C@]12C. The first-order valence-electron chi connectivity index (χ1n) is 13.0. The molecule has 1 heterocycles. The summed E-state index contributed by atoms with van der Waals surface area (Å²) in [4.78, 5) is 0. The number of aliphatic hydroxyl groups is 2. The molecule has 4 saturated carbocycles. The molecule has 0 amide bonds. The number of nitrogens with zero attached hydrogens (tertiary/aromatic N) is 3. The van der Waals surface area contributed by atoms with Crippen molar-refractivity contribution in [2.24, 2.45) is 46.8 Å². The largest absolute Gasteiger partial charge is 0.391 e. The number of aromatic nitrogens is 2. The molecule has 4 aliphatic rings. The number of rotatable bonds is 4. The topological polar surface area (TPSA) is 82.1 Å². The number of nitriles is 1. The molecule has 4 fully saturated rings. The molecule has 0 radical (unpaired) electrons. The van der Waals surface area contributed by atoms with E-state index >= 15 is 0 Å². The first-order chi connectivity index (χ1) is 15.2. The second-order valence-corrected chi connectivity index (χ2v) is 12.4. The highest BCUT2D eigenvalue weighted by molar-refractivity contribution is 5.21. The Balaban J connectivity index is 1.28. The second kappa shape index (κ2) is 8.13. The maximum Gasteiger partial charge on any atom is 0.102 e. The van der Waals surface area contributed by atoms with Crippen molar-refractivity contribution in [3.63, 3.8) is 0 Å². The molecule has 4 aliphatic carbocycles. The van der Waals surface area contributed by atoms with Crippen LogP contribution in [0.2, 0.25) is 0 Å². The van der Waals surface area contributed by atoms with Gasteiger partial charge in [0.2, 0.25) is 0 Å². The first-order valence-corrected chi connectivity index (χ1v) is 13.0. The van der Waals surface area contributed by atoms with E-state index in [9.17, 15) is 10.2 Å². The van der Waals surface area contributed by atoms with Gasteiger partial charge in [-0.25, -0.2) is 0 Å². The van der Waals surface area contributed by atoms with Gasteiger partial charge in [0.1, 0.15) is 6.07 Å². The number of fused-ring (bicyclic) bond motifs is 5. The lowest BCUT2D eigenvalue weighted by Crippen LogP contribution is -2.51. The third-order valence-electron chi connectivity index (χ3n) is 10.7. The highest BCUT2D eigenvalue weighted by Crippen LogP contribution is 2.65. The molecule has 0 saturated heterocycles. The fraction of sp³-hybridized carbons (Fsp3) is 0.852. The van der Waals surface area contributed by atoms with E-state index in [0.717, 1.165) is 42.4 Å². The summed E-state index contributed by atoms with van der Waals surface area (Å²) in [5.74, 6) is 4.84. The first kappa shape index (κ1) is 22.4. The summed E-state index contributed by atoms with van der Waals surface area (Å²) in [6.45, 7) is 7.29. The Hall–Kier alpha value is -1.38. The van der Waals surface area contributed by atoms with Crippen molar-refractivity contribution in [2.45, 2.75) is 96.8 Å². The molecule has 1 aromatic rings. The zero-order valence-corrected chi connectivity index (χ0v) is 20.1. The van der Waals surface area contributed by atoms with E-state index in [0.29, 0.717) is 23.4 Å². The molecule has 5 rings (SSSR count). The van der Waals surface area contributed by atoms with Crippen LogP contribution in [0.15, 0.2) is 12.4 Å². The molecule has 32 heavy (non-hydrogen) atoms. The minimum Gasteiger partial charge on any atom is -0.391 e. The Morgan fingerprint density at radius 1 is 1.12 bits per heavy atom. The zero-order chi connectivity index (χ0) is 22.7. The van der Waals surface area contributed by atoms with Crippen LogP contribution in [0.3, 0.4) is 0 Å².